The van der Waals surface area contributed by atoms with Crippen LogP contribution in [0.25, 0.3) is 0 Å². The van der Waals surface area contributed by atoms with Gasteiger partial charge in [-0.15, -0.1) is 0 Å². The van der Waals surface area contributed by atoms with Crippen LogP contribution >= 0.6 is 0 Å². The summed E-state index contributed by atoms with van der Waals surface area (Å²) in [6.45, 7) is 0.401. The fourth-order valence-corrected chi connectivity index (χ4v) is 1.23. The van der Waals surface area contributed by atoms with Gasteiger partial charge in [0.1, 0.15) is 17.3 Å². The van der Waals surface area contributed by atoms with E-state index in [1.165, 1.54) is 12.1 Å². The van der Waals surface area contributed by atoms with Crippen LogP contribution in [-0.2, 0) is 0 Å². The van der Waals surface area contributed by atoms with Crippen LogP contribution in [0.15, 0.2) is 12.1 Å². The van der Waals surface area contributed by atoms with Gasteiger partial charge in [-0.25, -0.2) is 4.39 Å². The summed E-state index contributed by atoms with van der Waals surface area (Å²) in [5.41, 5.74) is 16.5. The lowest BCUT2D eigenvalue weighted by Crippen LogP contribution is -2.16. The molecular weight excluding hydrogens is 185 g/mol. The molecule has 0 saturated heterocycles. The molecule has 7 N–H and O–H groups in total. The molecule has 0 aliphatic rings. The Morgan fingerprint density at radius 1 is 1.43 bits per heavy atom. The van der Waals surface area contributed by atoms with Crippen molar-refractivity contribution in [2.24, 2.45) is 11.5 Å². The zero-order chi connectivity index (χ0) is 10.7. The van der Waals surface area contributed by atoms with Gasteiger partial charge >= 0.3 is 0 Å². The topological polar surface area (TPSA) is 98.3 Å². The number of nitrogen functional groups attached to an aromatic ring is 1. The number of hydrogen-bond donors (Lipinski definition) is 4. The van der Waals surface area contributed by atoms with Gasteiger partial charge in [0.25, 0.3) is 0 Å². The molecule has 14 heavy (non-hydrogen) atoms. The smallest absolute Gasteiger partial charge is 0.149 e. The standard InChI is InChI=1S/C9H14FN3O/c10-6-2-1-5(7(12)3-4-11)9(14)8(6)13/h1-2,7,14H,3-4,11-13H2/t7-/m1/s1. The Morgan fingerprint density at radius 2 is 2.07 bits per heavy atom. The number of anilines is 1. The highest BCUT2D eigenvalue weighted by molar-refractivity contribution is 5.57. The van der Waals surface area contributed by atoms with Crippen molar-refractivity contribution in [1.29, 1.82) is 0 Å². The first kappa shape index (κ1) is 10.7. The Morgan fingerprint density at radius 3 is 2.64 bits per heavy atom. The molecule has 0 aromatic heterocycles. The molecule has 0 amide bonds. The van der Waals surface area contributed by atoms with Crippen LogP contribution in [0.4, 0.5) is 10.1 Å². The average molecular weight is 199 g/mol. The van der Waals surface area contributed by atoms with Crippen LogP contribution in [0.2, 0.25) is 0 Å². The van der Waals surface area contributed by atoms with Crippen LogP contribution in [-0.4, -0.2) is 11.7 Å². The number of rotatable bonds is 3. The molecular formula is C9H14FN3O. The second-order valence-electron chi connectivity index (χ2n) is 3.08. The van der Waals surface area contributed by atoms with Crippen molar-refractivity contribution in [2.45, 2.75) is 12.5 Å². The van der Waals surface area contributed by atoms with E-state index in [0.29, 0.717) is 18.5 Å². The second-order valence-corrected chi connectivity index (χ2v) is 3.08. The lowest BCUT2D eigenvalue weighted by atomic mass is 10.0. The monoisotopic (exact) mass is 199 g/mol. The predicted molar refractivity (Wildman–Crippen MR) is 53.1 cm³/mol. The van der Waals surface area contributed by atoms with Gasteiger partial charge < -0.3 is 22.3 Å². The maximum atomic E-state index is 12.9. The molecule has 0 saturated carbocycles. The molecule has 0 heterocycles. The molecule has 0 radical (unpaired) electrons. The van der Waals surface area contributed by atoms with E-state index in [-0.39, 0.29) is 11.4 Å². The number of phenols is 1. The largest absolute Gasteiger partial charge is 0.505 e. The number of aromatic hydroxyl groups is 1. The van der Waals surface area contributed by atoms with E-state index in [4.69, 9.17) is 17.2 Å². The highest BCUT2D eigenvalue weighted by atomic mass is 19.1. The molecule has 0 aliphatic carbocycles. The number of halogens is 1. The molecule has 0 bridgehead atoms. The Labute approximate surface area is 81.5 Å². The van der Waals surface area contributed by atoms with Gasteiger partial charge in [-0.3, -0.25) is 0 Å². The summed E-state index contributed by atoms with van der Waals surface area (Å²) < 4.78 is 12.9. The van der Waals surface area contributed by atoms with Gasteiger partial charge in [0.15, 0.2) is 0 Å². The fourth-order valence-electron chi connectivity index (χ4n) is 1.23. The van der Waals surface area contributed by atoms with E-state index in [2.05, 4.69) is 0 Å². The van der Waals surface area contributed by atoms with E-state index in [1.807, 2.05) is 0 Å². The van der Waals surface area contributed by atoms with Crippen LogP contribution < -0.4 is 17.2 Å². The number of nitrogens with two attached hydrogens (primary N) is 3. The number of hydrogen-bond acceptors (Lipinski definition) is 4. The molecule has 1 rings (SSSR count). The minimum Gasteiger partial charge on any atom is -0.505 e. The van der Waals surface area contributed by atoms with Gasteiger partial charge in [-0.2, -0.15) is 0 Å². The van der Waals surface area contributed by atoms with Crippen molar-refractivity contribution >= 4 is 5.69 Å². The molecule has 4 nitrogen and oxygen atoms in total. The van der Waals surface area contributed by atoms with Crippen LogP contribution in [0.5, 0.6) is 5.75 Å². The van der Waals surface area contributed by atoms with Gasteiger partial charge in [0.2, 0.25) is 0 Å². The van der Waals surface area contributed by atoms with Gasteiger partial charge in [-0.1, -0.05) is 6.07 Å². The van der Waals surface area contributed by atoms with Crippen molar-refractivity contribution in [2.75, 3.05) is 12.3 Å². The molecule has 0 fully saturated rings. The quantitative estimate of drug-likeness (QED) is 0.420. The maximum Gasteiger partial charge on any atom is 0.149 e. The third-order valence-corrected chi connectivity index (χ3v) is 2.07. The molecule has 0 unspecified atom stereocenters. The Hall–Kier alpha value is -1.33. The maximum absolute atomic E-state index is 12.9. The van der Waals surface area contributed by atoms with Gasteiger partial charge in [0.05, 0.1) is 0 Å². The highest BCUT2D eigenvalue weighted by Gasteiger charge is 2.14. The molecule has 1 atom stereocenters. The molecule has 1 aromatic carbocycles. The summed E-state index contributed by atoms with van der Waals surface area (Å²) >= 11 is 0. The van der Waals surface area contributed by atoms with Crippen molar-refractivity contribution in [3.05, 3.63) is 23.5 Å². The lowest BCUT2D eigenvalue weighted by Gasteiger charge is -2.13. The third kappa shape index (κ3) is 1.94. The summed E-state index contributed by atoms with van der Waals surface area (Å²) in [7, 11) is 0. The van der Waals surface area contributed by atoms with Crippen molar-refractivity contribution in [3.63, 3.8) is 0 Å². The van der Waals surface area contributed by atoms with Crippen LogP contribution in [0.3, 0.4) is 0 Å². The average Bonchev–Trinajstić information content (AvgIpc) is 2.15. The van der Waals surface area contributed by atoms with Gasteiger partial charge in [0, 0.05) is 11.6 Å². The second kappa shape index (κ2) is 4.26. The molecule has 5 heteroatoms. The summed E-state index contributed by atoms with van der Waals surface area (Å²) in [4.78, 5) is 0. The summed E-state index contributed by atoms with van der Waals surface area (Å²) in [5, 5.41) is 9.49. The number of benzene rings is 1. The van der Waals surface area contributed by atoms with Crippen molar-refractivity contribution < 1.29 is 9.50 Å². The van der Waals surface area contributed by atoms with E-state index in [0.717, 1.165) is 0 Å². The van der Waals surface area contributed by atoms with E-state index in [1.54, 1.807) is 0 Å². The summed E-state index contributed by atoms with van der Waals surface area (Å²) in [6.07, 6.45) is 0.513. The highest BCUT2D eigenvalue weighted by Crippen LogP contribution is 2.31. The van der Waals surface area contributed by atoms with Crippen molar-refractivity contribution in [3.8, 4) is 5.75 Å². The van der Waals surface area contributed by atoms with Crippen LogP contribution in [0, 0.1) is 5.82 Å². The molecule has 1 aromatic rings. The third-order valence-electron chi connectivity index (χ3n) is 2.07. The zero-order valence-electron chi connectivity index (χ0n) is 7.70. The number of phenolic OH excluding ortho intramolecular Hbond substituents is 1. The Balaban J connectivity index is 3.04. The van der Waals surface area contributed by atoms with Crippen molar-refractivity contribution in [1.82, 2.24) is 0 Å². The summed E-state index contributed by atoms with van der Waals surface area (Å²) in [5.74, 6) is -0.933. The molecule has 78 valence electrons. The first-order valence-electron chi connectivity index (χ1n) is 4.30. The summed E-state index contributed by atoms with van der Waals surface area (Å²) in [6, 6.07) is 2.19. The zero-order valence-corrected chi connectivity index (χ0v) is 7.70. The Bertz CT molecular complexity index is 330. The first-order chi connectivity index (χ1) is 6.57. The normalized spacial score (nSPS) is 12.8. The SMILES string of the molecule is NCC[C@@H](N)c1ccc(F)c(N)c1O. The minimum atomic E-state index is -0.647. The van der Waals surface area contributed by atoms with E-state index < -0.39 is 11.9 Å². The molecule has 0 spiro atoms. The Kier molecular flexibility index (Phi) is 3.27. The predicted octanol–water partition coefficient (Wildman–Crippen LogP) is 0.462. The fraction of sp³-hybridized carbons (Fsp3) is 0.333. The van der Waals surface area contributed by atoms with Crippen LogP contribution in [0.1, 0.15) is 18.0 Å². The van der Waals surface area contributed by atoms with E-state index >= 15 is 0 Å². The first-order valence-corrected chi connectivity index (χ1v) is 4.30. The molecule has 0 aliphatic heterocycles. The minimum absolute atomic E-state index is 0.269. The van der Waals surface area contributed by atoms with E-state index in [9.17, 15) is 9.50 Å². The lowest BCUT2D eigenvalue weighted by molar-refractivity contribution is 0.457. The van der Waals surface area contributed by atoms with Gasteiger partial charge in [-0.05, 0) is 19.0 Å².